The molecule has 29 heavy (non-hydrogen) atoms. The van der Waals surface area contributed by atoms with Gasteiger partial charge in [0, 0.05) is 28.9 Å². The number of carbonyl (C=O) groups excluding carboxylic acids is 2. The minimum absolute atomic E-state index is 0.0229. The molecule has 2 rings (SSSR count). The first-order valence-corrected chi connectivity index (χ1v) is 10.8. The molecule has 8 heteroatoms. The number of aryl methyl sites for hydroxylation is 1. The van der Waals surface area contributed by atoms with Crippen LogP contribution in [0.4, 0.5) is 5.69 Å². The number of carbonyl (C=O) groups is 2. The van der Waals surface area contributed by atoms with Gasteiger partial charge in [-0.1, -0.05) is 6.07 Å². The van der Waals surface area contributed by atoms with Gasteiger partial charge in [0.2, 0.25) is 10.0 Å². The molecule has 0 saturated carbocycles. The van der Waals surface area contributed by atoms with E-state index in [2.05, 4.69) is 15.4 Å². The van der Waals surface area contributed by atoms with E-state index in [0.717, 1.165) is 0 Å². The van der Waals surface area contributed by atoms with Crippen LogP contribution in [0, 0.1) is 6.92 Å². The van der Waals surface area contributed by atoms with Gasteiger partial charge in [0.25, 0.3) is 11.8 Å². The fourth-order valence-corrected chi connectivity index (χ4v) is 4.09. The molecule has 0 spiro atoms. The Kier molecular flexibility index (Phi) is 6.81. The average Bonchev–Trinajstić information content (AvgIpc) is 2.60. The molecule has 0 fully saturated rings. The lowest BCUT2D eigenvalue weighted by Crippen LogP contribution is -2.40. The Morgan fingerprint density at radius 1 is 0.966 bits per heavy atom. The van der Waals surface area contributed by atoms with Crippen LogP contribution in [-0.4, -0.2) is 32.3 Å². The van der Waals surface area contributed by atoms with E-state index in [4.69, 9.17) is 0 Å². The highest BCUT2D eigenvalue weighted by molar-refractivity contribution is 7.89. The van der Waals surface area contributed by atoms with Gasteiger partial charge in [0.1, 0.15) is 0 Å². The van der Waals surface area contributed by atoms with Gasteiger partial charge in [-0.15, -0.1) is 0 Å². The number of hydrogen-bond donors (Lipinski definition) is 3. The molecule has 2 amide bonds. The van der Waals surface area contributed by atoms with Gasteiger partial charge in [0.15, 0.2) is 0 Å². The fraction of sp³-hybridized carbons (Fsp3) is 0.333. The zero-order valence-corrected chi connectivity index (χ0v) is 18.1. The molecule has 0 saturated heterocycles. The number of amides is 2. The van der Waals surface area contributed by atoms with Crippen LogP contribution in [-0.2, 0) is 10.0 Å². The van der Waals surface area contributed by atoms with Crippen LogP contribution in [0.1, 0.15) is 54.0 Å². The third kappa shape index (κ3) is 6.13. The molecule has 0 aromatic heterocycles. The Morgan fingerprint density at radius 3 is 2.14 bits per heavy atom. The quantitative estimate of drug-likeness (QED) is 0.672. The van der Waals surface area contributed by atoms with Crippen molar-refractivity contribution in [1.82, 2.24) is 10.0 Å². The van der Waals surface area contributed by atoms with Crippen LogP contribution in [0.3, 0.4) is 0 Å². The molecule has 3 N–H and O–H groups in total. The highest BCUT2D eigenvalue weighted by atomic mass is 32.2. The van der Waals surface area contributed by atoms with Crippen LogP contribution in [0.2, 0.25) is 0 Å². The van der Waals surface area contributed by atoms with Crippen molar-refractivity contribution in [3.63, 3.8) is 0 Å². The zero-order valence-electron chi connectivity index (χ0n) is 17.3. The number of anilines is 1. The topological polar surface area (TPSA) is 104 Å². The van der Waals surface area contributed by atoms with Crippen molar-refractivity contribution < 1.29 is 18.0 Å². The average molecular weight is 418 g/mol. The minimum atomic E-state index is -3.76. The standard InChI is InChI=1S/C21H27N3O4S/c1-6-22-19(25)15-8-10-16(11-9-15)23-20(26)18-13-17(12-7-14(18)2)29(27,28)24-21(3,4)5/h7-13,24H,6H2,1-5H3,(H,22,25)(H,23,26). The fourth-order valence-electron chi connectivity index (χ4n) is 2.64. The van der Waals surface area contributed by atoms with Gasteiger partial charge in [-0.2, -0.15) is 0 Å². The first kappa shape index (κ1) is 22.6. The molecule has 7 nitrogen and oxygen atoms in total. The van der Waals surface area contributed by atoms with Crippen LogP contribution >= 0.6 is 0 Å². The molecular formula is C21H27N3O4S. The zero-order chi connectivity index (χ0) is 21.8. The molecule has 0 aliphatic heterocycles. The van der Waals surface area contributed by atoms with Gasteiger partial charge in [-0.25, -0.2) is 13.1 Å². The Morgan fingerprint density at radius 2 is 1.59 bits per heavy atom. The van der Waals surface area contributed by atoms with Crippen LogP contribution in [0.5, 0.6) is 0 Å². The summed E-state index contributed by atoms with van der Waals surface area (Å²) in [5.41, 5.74) is 1.26. The van der Waals surface area contributed by atoms with Crippen molar-refractivity contribution in [2.24, 2.45) is 0 Å². The van der Waals surface area contributed by atoms with Crippen LogP contribution in [0.25, 0.3) is 0 Å². The third-order valence-corrected chi connectivity index (χ3v) is 5.70. The third-order valence-electron chi connectivity index (χ3n) is 3.95. The molecule has 0 unspecified atom stereocenters. The van der Waals surface area contributed by atoms with Crippen molar-refractivity contribution >= 4 is 27.5 Å². The van der Waals surface area contributed by atoms with E-state index in [1.165, 1.54) is 12.1 Å². The molecule has 0 bridgehead atoms. The largest absolute Gasteiger partial charge is 0.352 e. The summed E-state index contributed by atoms with van der Waals surface area (Å²) in [6.45, 7) is 9.34. The molecule has 2 aromatic rings. The Balaban J connectivity index is 2.24. The van der Waals surface area contributed by atoms with E-state index in [1.54, 1.807) is 58.0 Å². The summed E-state index contributed by atoms with van der Waals surface area (Å²) in [6, 6.07) is 10.9. The lowest BCUT2D eigenvalue weighted by atomic mass is 10.1. The summed E-state index contributed by atoms with van der Waals surface area (Å²) >= 11 is 0. The monoisotopic (exact) mass is 417 g/mol. The highest BCUT2D eigenvalue weighted by Gasteiger charge is 2.23. The maximum atomic E-state index is 12.7. The summed E-state index contributed by atoms with van der Waals surface area (Å²) < 4.78 is 27.7. The lowest BCUT2D eigenvalue weighted by molar-refractivity contribution is 0.0955. The predicted octanol–water partition coefficient (Wildman–Crippen LogP) is 3.07. The Labute approximate surface area is 172 Å². The van der Waals surface area contributed by atoms with E-state index in [9.17, 15) is 18.0 Å². The SMILES string of the molecule is CCNC(=O)c1ccc(NC(=O)c2cc(S(=O)(=O)NC(C)(C)C)ccc2C)cc1. The summed E-state index contributed by atoms with van der Waals surface area (Å²) in [7, 11) is -3.76. The summed E-state index contributed by atoms with van der Waals surface area (Å²) in [4.78, 5) is 24.6. The lowest BCUT2D eigenvalue weighted by Gasteiger charge is -2.20. The number of nitrogens with one attached hydrogen (secondary N) is 3. The van der Waals surface area contributed by atoms with Crippen molar-refractivity contribution in [3.8, 4) is 0 Å². The van der Waals surface area contributed by atoms with E-state index < -0.39 is 21.5 Å². The maximum absolute atomic E-state index is 12.7. The highest BCUT2D eigenvalue weighted by Crippen LogP contribution is 2.19. The molecule has 2 aromatic carbocycles. The van der Waals surface area contributed by atoms with E-state index >= 15 is 0 Å². The predicted molar refractivity (Wildman–Crippen MR) is 114 cm³/mol. The smallest absolute Gasteiger partial charge is 0.255 e. The summed E-state index contributed by atoms with van der Waals surface area (Å²) in [5.74, 6) is -0.619. The van der Waals surface area contributed by atoms with Crippen molar-refractivity contribution in [2.75, 3.05) is 11.9 Å². The summed E-state index contributed by atoms with van der Waals surface area (Å²) in [6.07, 6.45) is 0. The number of rotatable bonds is 6. The van der Waals surface area contributed by atoms with Crippen LogP contribution < -0.4 is 15.4 Å². The van der Waals surface area contributed by atoms with E-state index in [-0.39, 0.29) is 16.4 Å². The number of hydrogen-bond acceptors (Lipinski definition) is 4. The Hall–Kier alpha value is -2.71. The van der Waals surface area contributed by atoms with E-state index in [0.29, 0.717) is 23.4 Å². The second-order valence-electron chi connectivity index (χ2n) is 7.72. The second kappa shape index (κ2) is 8.75. The van der Waals surface area contributed by atoms with Gasteiger partial charge < -0.3 is 10.6 Å². The van der Waals surface area contributed by atoms with Crippen LogP contribution in [0.15, 0.2) is 47.4 Å². The Bertz CT molecular complexity index is 1010. The number of sulfonamides is 1. The number of benzene rings is 2. The molecule has 0 atom stereocenters. The minimum Gasteiger partial charge on any atom is -0.352 e. The van der Waals surface area contributed by atoms with Crippen molar-refractivity contribution in [1.29, 1.82) is 0 Å². The van der Waals surface area contributed by atoms with E-state index in [1.807, 2.05) is 6.92 Å². The molecule has 156 valence electrons. The first-order chi connectivity index (χ1) is 13.4. The molecule has 0 radical (unpaired) electrons. The van der Waals surface area contributed by atoms with Crippen molar-refractivity contribution in [2.45, 2.75) is 45.1 Å². The molecule has 0 heterocycles. The van der Waals surface area contributed by atoms with Gasteiger partial charge in [0.05, 0.1) is 4.90 Å². The first-order valence-electron chi connectivity index (χ1n) is 9.27. The molecular weight excluding hydrogens is 390 g/mol. The van der Waals surface area contributed by atoms with Gasteiger partial charge in [-0.3, -0.25) is 9.59 Å². The molecule has 0 aliphatic rings. The second-order valence-corrected chi connectivity index (χ2v) is 9.41. The van der Waals surface area contributed by atoms with Crippen molar-refractivity contribution in [3.05, 3.63) is 59.2 Å². The van der Waals surface area contributed by atoms with Gasteiger partial charge >= 0.3 is 0 Å². The molecule has 0 aliphatic carbocycles. The maximum Gasteiger partial charge on any atom is 0.255 e. The summed E-state index contributed by atoms with van der Waals surface area (Å²) in [5, 5.41) is 5.44. The normalized spacial score (nSPS) is 11.8. The van der Waals surface area contributed by atoms with Gasteiger partial charge in [-0.05, 0) is 76.6 Å².